The van der Waals surface area contributed by atoms with Gasteiger partial charge >= 0.3 is 27.2 Å². The van der Waals surface area contributed by atoms with E-state index in [0.717, 1.165) is 29.3 Å². The minimum atomic E-state index is 0.564. The Morgan fingerprint density at radius 2 is 0.907 bits per heavy atom. The van der Waals surface area contributed by atoms with E-state index in [1.54, 1.807) is 37.3 Å². The summed E-state index contributed by atoms with van der Waals surface area (Å²) >= 11 is 1.33. The van der Waals surface area contributed by atoms with E-state index in [1.165, 1.54) is 33.9 Å². The molecule has 0 saturated carbocycles. The Hall–Kier alpha value is -4.72. The molecule has 7 aromatic rings. The third-order valence-electron chi connectivity index (χ3n) is 7.44. The molecule has 5 aromatic heterocycles. The van der Waals surface area contributed by atoms with Crippen molar-refractivity contribution in [3.05, 3.63) is 164 Å². The zero-order valence-corrected chi connectivity index (χ0v) is 33.2. The molecule has 0 amide bonds. The Bertz CT molecular complexity index is 1780. The molecule has 10 nitrogen and oxygen atoms in total. The fraction of sp³-hybridized carbons (Fsp3) is 0.214. The van der Waals surface area contributed by atoms with Gasteiger partial charge in [-0.3, -0.25) is 19.9 Å². The van der Waals surface area contributed by atoms with Crippen molar-refractivity contribution in [3.63, 3.8) is 0 Å². The molecule has 5 heterocycles. The molecule has 2 aromatic carbocycles. The van der Waals surface area contributed by atoms with Crippen molar-refractivity contribution in [3.8, 4) is 22.8 Å². The summed E-state index contributed by atoms with van der Waals surface area (Å²) in [4.78, 5) is 20.7. The summed E-state index contributed by atoms with van der Waals surface area (Å²) in [5.41, 5.74) is 4.84. The van der Waals surface area contributed by atoms with Gasteiger partial charge in [0.15, 0.2) is 0 Å². The molecular weight excluding hydrogens is 878 g/mol. The summed E-state index contributed by atoms with van der Waals surface area (Å²) in [6, 6.07) is 37.9. The zero-order chi connectivity index (χ0) is 37.7. The van der Waals surface area contributed by atoms with Gasteiger partial charge in [-0.05, 0) is 70.9 Å². The fourth-order valence-electron chi connectivity index (χ4n) is 4.82. The van der Waals surface area contributed by atoms with Crippen molar-refractivity contribution in [2.24, 2.45) is 0 Å². The maximum Gasteiger partial charge on any atom is 0.0946 e. The van der Waals surface area contributed by atoms with Gasteiger partial charge in [0.1, 0.15) is 0 Å². The summed E-state index contributed by atoms with van der Waals surface area (Å²) < 4.78 is 24.2. The Morgan fingerprint density at radius 3 is 1.35 bits per heavy atom. The number of ether oxygens (including phenoxy) is 4. The van der Waals surface area contributed by atoms with Crippen LogP contribution in [0.25, 0.3) is 33.5 Å². The van der Waals surface area contributed by atoms with Gasteiger partial charge in [-0.2, -0.15) is 0 Å². The molecule has 0 bridgehead atoms. The molecule has 0 spiro atoms. The Morgan fingerprint density at radius 1 is 0.463 bits per heavy atom. The van der Waals surface area contributed by atoms with E-state index in [0.29, 0.717) is 52.9 Å². The van der Waals surface area contributed by atoms with Crippen LogP contribution in [0.5, 0.6) is 0 Å². The van der Waals surface area contributed by atoms with Crippen LogP contribution in [0.3, 0.4) is 0 Å². The zero-order valence-electron chi connectivity index (χ0n) is 29.9. The second-order valence-corrected chi connectivity index (χ2v) is 11.2. The van der Waals surface area contributed by atoms with Crippen LogP contribution in [0.2, 0.25) is 0 Å². The molecule has 0 aliphatic rings. The maximum absolute atomic E-state index is 5.68. The van der Waals surface area contributed by atoms with Crippen molar-refractivity contribution >= 4 is 20.4 Å². The normalized spacial score (nSPS) is 10.3. The largest absolute Gasteiger partial charge is 0.377 e. The number of hydrogen-bond acceptors (Lipinski definition) is 9. The predicted molar refractivity (Wildman–Crippen MR) is 209 cm³/mol. The monoisotopic (exact) mass is 923 g/mol. The molecule has 54 heavy (non-hydrogen) atoms. The average molecular weight is 923 g/mol. The second-order valence-electron chi connectivity index (χ2n) is 11.2. The number of aromatic nitrogens is 6. The minimum absolute atomic E-state index is 0.564. The fourth-order valence-corrected chi connectivity index (χ4v) is 4.82. The van der Waals surface area contributed by atoms with Crippen LogP contribution in [0.4, 0.5) is 0 Å². The van der Waals surface area contributed by atoms with Gasteiger partial charge in [-0.25, -0.2) is 4.98 Å². The van der Waals surface area contributed by atoms with E-state index in [1.807, 2.05) is 83.6 Å². The van der Waals surface area contributed by atoms with Crippen molar-refractivity contribution in [1.82, 2.24) is 29.5 Å². The topological polar surface area (TPSA) is 106 Å². The van der Waals surface area contributed by atoms with E-state index in [-0.39, 0.29) is 0 Å². The van der Waals surface area contributed by atoms with E-state index < -0.39 is 0 Å². The number of fused-ring (bicyclic) bond motifs is 1. The van der Waals surface area contributed by atoms with E-state index in [4.69, 9.17) is 18.9 Å². The quantitative estimate of drug-likeness (QED) is 0.0887. The van der Waals surface area contributed by atoms with Crippen LogP contribution in [-0.4, -0.2) is 75.7 Å². The molecule has 0 atom stereocenters. The number of benzene rings is 2. The number of halogens is 1. The first-order chi connectivity index (χ1) is 26.8. The van der Waals surface area contributed by atoms with Gasteiger partial charge in [-0.15, -0.1) is 0 Å². The standard InChI is InChI=1S/C22H28N2O4.2C10H8N2.ClH.Os/c1-2-4-22-17-20(5-6-21(22)3-1)18-28-16-15-27-14-13-26-12-11-25-10-9-24-8-7-23-19-24;2*1-3-7-11-9(5-1)10-6-2-4-8-12-10;;/h1-8,17,19H,9-16,18H2;2*1-8H;1H;/q;;;;+1/p-1. The molecule has 0 unspecified atom stereocenters. The molecule has 0 saturated heterocycles. The number of nitrogens with zero attached hydrogens (tertiary/aromatic N) is 6. The summed E-state index contributed by atoms with van der Waals surface area (Å²) in [7, 11) is 4.67. The van der Waals surface area contributed by atoms with Crippen LogP contribution in [0, 0.1) is 0 Å². The van der Waals surface area contributed by atoms with Crippen molar-refractivity contribution in [2.75, 3.05) is 46.2 Å². The molecule has 0 fully saturated rings. The molecule has 0 aliphatic heterocycles. The maximum atomic E-state index is 5.68. The molecule has 12 heteroatoms. The number of imidazole rings is 1. The third-order valence-corrected chi connectivity index (χ3v) is 7.44. The van der Waals surface area contributed by atoms with Crippen LogP contribution >= 0.6 is 9.64 Å². The Kier molecular flexibility index (Phi) is 21.0. The molecule has 281 valence electrons. The number of pyridine rings is 4. The summed E-state index contributed by atoms with van der Waals surface area (Å²) in [6.45, 7) is 5.50. The van der Waals surface area contributed by atoms with Gasteiger partial charge in [-0.1, -0.05) is 60.7 Å². The molecule has 0 aliphatic carbocycles. The Balaban J connectivity index is 0.000000204. The van der Waals surface area contributed by atoms with Crippen molar-refractivity contribution in [2.45, 2.75) is 13.2 Å². The first-order valence-electron chi connectivity index (χ1n) is 17.4. The van der Waals surface area contributed by atoms with Crippen LogP contribution in [0.1, 0.15) is 5.56 Å². The van der Waals surface area contributed by atoms with Crippen LogP contribution < -0.4 is 0 Å². The molecular formula is C42H44ClN6O4Os. The molecule has 0 radical (unpaired) electrons. The van der Waals surface area contributed by atoms with Crippen LogP contribution in [-0.2, 0) is 49.7 Å². The van der Waals surface area contributed by atoms with Gasteiger partial charge in [0.25, 0.3) is 0 Å². The first-order valence-corrected chi connectivity index (χ1v) is 20.5. The van der Waals surface area contributed by atoms with Gasteiger partial charge in [0.2, 0.25) is 0 Å². The van der Waals surface area contributed by atoms with Gasteiger partial charge in [0, 0.05) is 43.7 Å². The number of rotatable bonds is 16. The SMILES string of the molecule is [Cl][Os].c1ccc(-c2ccccn2)nc1.c1ccc(-c2ccccn2)nc1.c1ccc2cc(COCCOCCOCCOCCn3ccnc3)ccc2c1. The van der Waals surface area contributed by atoms with Crippen LogP contribution in [0.15, 0.2) is 159 Å². The van der Waals surface area contributed by atoms with E-state index in [9.17, 15) is 0 Å². The minimum Gasteiger partial charge on any atom is -0.377 e. The number of hydrogen-bond donors (Lipinski definition) is 0. The van der Waals surface area contributed by atoms with Crippen molar-refractivity contribution in [1.29, 1.82) is 0 Å². The first kappa shape index (κ1) is 42.0. The molecule has 0 N–H and O–H groups in total. The summed E-state index contributed by atoms with van der Waals surface area (Å²) in [6.07, 6.45) is 12.5. The van der Waals surface area contributed by atoms with Crippen molar-refractivity contribution < 1.29 is 36.5 Å². The second kappa shape index (κ2) is 26.9. The van der Waals surface area contributed by atoms with Gasteiger partial charge in [0.05, 0.1) is 82.0 Å². The third kappa shape index (κ3) is 16.5. The van der Waals surface area contributed by atoms with Gasteiger partial charge < -0.3 is 23.5 Å². The van der Waals surface area contributed by atoms with E-state index in [2.05, 4.69) is 77.0 Å². The van der Waals surface area contributed by atoms with E-state index >= 15 is 0 Å². The summed E-state index contributed by atoms with van der Waals surface area (Å²) in [5, 5.41) is 2.49. The molecule has 7 rings (SSSR count). The smallest absolute Gasteiger partial charge is 0.0946 e. The summed E-state index contributed by atoms with van der Waals surface area (Å²) in [5.74, 6) is 0. The Labute approximate surface area is 331 Å². The average Bonchev–Trinajstić information content (AvgIpc) is 3.79. The predicted octanol–water partition coefficient (Wildman–Crippen LogP) is 8.28.